The maximum atomic E-state index is 14.2. The van der Waals surface area contributed by atoms with Crippen LogP contribution in [0.2, 0.25) is 0 Å². The van der Waals surface area contributed by atoms with E-state index in [0.29, 0.717) is 37.3 Å². The third-order valence-electron chi connectivity index (χ3n) is 7.07. The Balaban J connectivity index is 1.55. The molecule has 2 saturated heterocycles. The highest BCUT2D eigenvalue weighted by atomic mass is 19.1. The largest absolute Gasteiger partial charge is 0.491 e. The Morgan fingerprint density at radius 1 is 1.21 bits per heavy atom. The van der Waals surface area contributed by atoms with Gasteiger partial charge < -0.3 is 10.5 Å². The van der Waals surface area contributed by atoms with Crippen molar-refractivity contribution in [3.63, 3.8) is 0 Å². The lowest BCUT2D eigenvalue weighted by Gasteiger charge is -2.43. The number of urea groups is 1. The number of aliphatic imine (C=N–C) groups is 1. The van der Waals surface area contributed by atoms with E-state index in [9.17, 15) is 9.18 Å². The molecule has 0 saturated carbocycles. The fourth-order valence-electron chi connectivity index (χ4n) is 5.27. The predicted octanol–water partition coefficient (Wildman–Crippen LogP) is 5.38. The first-order valence-electron chi connectivity index (χ1n) is 13.3. The summed E-state index contributed by atoms with van der Waals surface area (Å²) in [5.74, 6) is 1.15. The minimum absolute atomic E-state index is 0.120. The average molecular weight is 520 g/mol. The van der Waals surface area contributed by atoms with Crippen molar-refractivity contribution in [1.82, 2.24) is 10.2 Å². The Labute approximate surface area is 224 Å². The van der Waals surface area contributed by atoms with Gasteiger partial charge in [-0.25, -0.2) is 9.18 Å². The molecule has 3 N–H and O–H groups in total. The number of piperidine rings is 1. The number of nitrogens with two attached hydrogens (primary N) is 1. The van der Waals surface area contributed by atoms with Crippen molar-refractivity contribution in [3.8, 4) is 5.75 Å². The number of nitrogens with one attached hydrogen (secondary N) is 1. The van der Waals surface area contributed by atoms with E-state index in [1.807, 2.05) is 45.1 Å². The molecule has 1 spiro atoms. The SMILES string of the molecule is C/C=C(\C=C/N)CCN=C1NC(=O)N(c2cccc(F)c2)C12CCN(Cc1cccc(OC(C)C)c1)CC2. The van der Waals surface area contributed by atoms with Crippen LogP contribution in [0.4, 0.5) is 14.9 Å². The molecule has 4 rings (SSSR count). The molecule has 2 aliphatic heterocycles. The topological polar surface area (TPSA) is 83.2 Å². The van der Waals surface area contributed by atoms with Gasteiger partial charge in [0.2, 0.25) is 0 Å². The molecular weight excluding hydrogens is 481 g/mol. The van der Waals surface area contributed by atoms with E-state index in [4.69, 9.17) is 15.5 Å². The summed E-state index contributed by atoms with van der Waals surface area (Å²) in [6.45, 7) is 8.85. The molecule has 2 heterocycles. The number of ether oxygens (including phenoxy) is 1. The van der Waals surface area contributed by atoms with Crippen LogP contribution in [-0.4, -0.2) is 48.0 Å². The van der Waals surface area contributed by atoms with Crippen LogP contribution < -0.4 is 20.7 Å². The van der Waals surface area contributed by atoms with Gasteiger partial charge in [0, 0.05) is 31.9 Å². The molecule has 0 aliphatic carbocycles. The number of anilines is 1. The molecule has 38 heavy (non-hydrogen) atoms. The zero-order valence-corrected chi connectivity index (χ0v) is 22.5. The molecule has 2 fully saturated rings. The lowest BCUT2D eigenvalue weighted by molar-refractivity contribution is 0.184. The number of likely N-dealkylation sites (tertiary alicyclic amines) is 1. The summed E-state index contributed by atoms with van der Waals surface area (Å²) in [6, 6.07) is 14.2. The van der Waals surface area contributed by atoms with Crippen LogP contribution in [0, 0.1) is 5.82 Å². The second kappa shape index (κ2) is 12.3. The van der Waals surface area contributed by atoms with Gasteiger partial charge in [0.15, 0.2) is 0 Å². The summed E-state index contributed by atoms with van der Waals surface area (Å²) < 4.78 is 20.1. The van der Waals surface area contributed by atoms with Crippen LogP contribution in [0.3, 0.4) is 0 Å². The Morgan fingerprint density at radius 3 is 2.66 bits per heavy atom. The van der Waals surface area contributed by atoms with E-state index in [1.54, 1.807) is 17.0 Å². The number of carbonyl (C=O) groups excluding carboxylic acids is 1. The quantitative estimate of drug-likeness (QED) is 0.436. The van der Waals surface area contributed by atoms with E-state index in [1.165, 1.54) is 23.9 Å². The van der Waals surface area contributed by atoms with E-state index in [-0.39, 0.29) is 18.0 Å². The highest BCUT2D eigenvalue weighted by Gasteiger charge is 2.52. The van der Waals surface area contributed by atoms with Crippen molar-refractivity contribution in [1.29, 1.82) is 0 Å². The van der Waals surface area contributed by atoms with Gasteiger partial charge in [0.1, 0.15) is 22.9 Å². The molecule has 2 aromatic rings. The van der Waals surface area contributed by atoms with E-state index in [0.717, 1.165) is 31.0 Å². The molecule has 0 atom stereocenters. The van der Waals surface area contributed by atoms with Crippen LogP contribution in [-0.2, 0) is 6.54 Å². The lowest BCUT2D eigenvalue weighted by atomic mass is 9.85. The first-order chi connectivity index (χ1) is 18.3. The molecule has 8 heteroatoms. The van der Waals surface area contributed by atoms with Crippen LogP contribution in [0.15, 0.2) is 77.4 Å². The second-order valence-corrected chi connectivity index (χ2v) is 10.1. The Hall–Kier alpha value is -3.65. The first-order valence-corrected chi connectivity index (χ1v) is 13.3. The van der Waals surface area contributed by atoms with E-state index in [2.05, 4.69) is 22.3 Å². The number of nitrogens with zero attached hydrogens (tertiary/aromatic N) is 3. The minimum atomic E-state index is -0.649. The van der Waals surface area contributed by atoms with Gasteiger partial charge in [-0.3, -0.25) is 20.1 Å². The number of allylic oxidation sites excluding steroid dienone is 2. The molecule has 0 aromatic heterocycles. The number of hydrogen-bond donors (Lipinski definition) is 2. The number of rotatable bonds is 9. The maximum Gasteiger partial charge on any atom is 0.328 e. The lowest BCUT2D eigenvalue weighted by Crippen LogP contribution is -2.56. The molecule has 0 unspecified atom stereocenters. The van der Waals surface area contributed by atoms with Crippen molar-refractivity contribution >= 4 is 17.6 Å². The molecule has 0 bridgehead atoms. The van der Waals surface area contributed by atoms with Crippen LogP contribution in [0.5, 0.6) is 5.75 Å². The standard InChI is InChI=1S/C30H38FN5O2/c1-4-23(11-15-32)12-16-33-28-30(36(29(37)34-28)26-9-6-8-25(31)20-26)13-17-35(18-14-30)21-24-7-5-10-27(19-24)38-22(2)3/h4-11,15,19-20,22H,12-14,16-18,21,32H2,1-3H3,(H,33,34,37)/b15-11-,23-4+. The number of halogens is 1. The van der Waals surface area contributed by atoms with E-state index >= 15 is 0 Å². The Morgan fingerprint density at radius 2 is 1.97 bits per heavy atom. The molecule has 2 aliphatic rings. The fourth-order valence-corrected chi connectivity index (χ4v) is 5.27. The fraction of sp³-hybridized carbons (Fsp3) is 0.400. The van der Waals surface area contributed by atoms with Crippen molar-refractivity contribution in [2.75, 3.05) is 24.5 Å². The van der Waals surface area contributed by atoms with Gasteiger partial charge in [-0.05, 0) is 93.8 Å². The van der Waals surface area contributed by atoms with Gasteiger partial charge in [0.05, 0.1) is 6.10 Å². The monoisotopic (exact) mass is 519 g/mol. The average Bonchev–Trinajstić information content (AvgIpc) is 3.15. The number of hydrogen-bond acceptors (Lipinski definition) is 5. The van der Waals surface area contributed by atoms with Crippen molar-refractivity contribution in [3.05, 3.63) is 83.8 Å². The minimum Gasteiger partial charge on any atom is -0.491 e. The second-order valence-electron chi connectivity index (χ2n) is 10.1. The highest BCUT2D eigenvalue weighted by molar-refractivity contribution is 6.19. The first kappa shape index (κ1) is 27.4. The Kier molecular flexibility index (Phi) is 8.84. The van der Waals surface area contributed by atoms with Gasteiger partial charge in [-0.15, -0.1) is 0 Å². The maximum absolute atomic E-state index is 14.2. The molecule has 0 radical (unpaired) electrons. The molecule has 7 nitrogen and oxygen atoms in total. The third kappa shape index (κ3) is 6.25. The van der Waals surface area contributed by atoms with Crippen LogP contribution in [0.25, 0.3) is 0 Å². The Bertz CT molecular complexity index is 1210. The van der Waals surface area contributed by atoms with Crippen LogP contribution >= 0.6 is 0 Å². The molecule has 2 amide bonds. The van der Waals surface area contributed by atoms with Gasteiger partial charge in [0.25, 0.3) is 0 Å². The van der Waals surface area contributed by atoms with E-state index < -0.39 is 5.54 Å². The van der Waals surface area contributed by atoms with Gasteiger partial charge >= 0.3 is 6.03 Å². The smallest absolute Gasteiger partial charge is 0.328 e. The predicted molar refractivity (Wildman–Crippen MR) is 151 cm³/mol. The van der Waals surface area contributed by atoms with Crippen molar-refractivity contribution in [2.45, 2.75) is 58.2 Å². The van der Waals surface area contributed by atoms with Crippen molar-refractivity contribution in [2.24, 2.45) is 10.7 Å². The summed E-state index contributed by atoms with van der Waals surface area (Å²) in [4.78, 5) is 22.2. The van der Waals surface area contributed by atoms with Gasteiger partial charge in [-0.2, -0.15) is 0 Å². The molecule has 2 aromatic carbocycles. The normalized spacial score (nSPS) is 19.2. The number of benzene rings is 2. The zero-order chi connectivity index (χ0) is 27.1. The van der Waals surface area contributed by atoms with Crippen molar-refractivity contribution < 1.29 is 13.9 Å². The van der Waals surface area contributed by atoms with Gasteiger partial charge in [-0.1, -0.05) is 24.3 Å². The highest BCUT2D eigenvalue weighted by Crippen LogP contribution is 2.38. The summed E-state index contributed by atoms with van der Waals surface area (Å²) in [5, 5.41) is 3.01. The van der Waals surface area contributed by atoms with Crippen LogP contribution in [0.1, 0.15) is 45.6 Å². The summed E-state index contributed by atoms with van der Waals surface area (Å²) in [5.41, 5.74) is 7.71. The number of amides is 2. The zero-order valence-electron chi connectivity index (χ0n) is 22.5. The summed E-state index contributed by atoms with van der Waals surface area (Å²) in [6.07, 6.45) is 7.58. The number of carbonyl (C=O) groups is 1. The number of amidine groups is 1. The summed E-state index contributed by atoms with van der Waals surface area (Å²) >= 11 is 0. The summed E-state index contributed by atoms with van der Waals surface area (Å²) in [7, 11) is 0. The third-order valence-corrected chi connectivity index (χ3v) is 7.07. The molecular formula is C30H38FN5O2. The molecule has 202 valence electrons.